The average molecular weight is 250 g/mol. The number of hydrogen-bond acceptors (Lipinski definition) is 3. The van der Waals surface area contributed by atoms with E-state index in [1.807, 2.05) is 0 Å². The number of likely N-dealkylation sites (tertiary alicyclic amines) is 1. The summed E-state index contributed by atoms with van der Waals surface area (Å²) in [6.45, 7) is 1.99. The number of carbonyl (C=O) groups excluding carboxylic acids is 2. The predicted octanol–water partition coefficient (Wildman–Crippen LogP) is 1.18. The number of rotatable bonds is 3. The Morgan fingerprint density at radius 1 is 1.44 bits per heavy atom. The molecular weight excluding hydrogens is 235 g/mol. The lowest BCUT2D eigenvalue weighted by molar-refractivity contribution is -0.139. The van der Waals surface area contributed by atoms with Crippen LogP contribution in [0.3, 0.4) is 0 Å². The number of amides is 2. The van der Waals surface area contributed by atoms with E-state index in [4.69, 9.17) is 5.73 Å². The Kier molecular flexibility index (Phi) is 3.43. The third-order valence-electron chi connectivity index (χ3n) is 3.14. The van der Waals surface area contributed by atoms with Gasteiger partial charge in [-0.05, 0) is 17.7 Å². The van der Waals surface area contributed by atoms with Gasteiger partial charge in [0.25, 0.3) is 0 Å². The van der Waals surface area contributed by atoms with Crippen molar-refractivity contribution in [3.05, 3.63) is 35.1 Å². The fourth-order valence-corrected chi connectivity index (χ4v) is 2.06. The van der Waals surface area contributed by atoms with Crippen molar-refractivity contribution in [3.8, 4) is 0 Å². The van der Waals surface area contributed by atoms with E-state index in [-0.39, 0.29) is 30.7 Å². The zero-order valence-corrected chi connectivity index (χ0v) is 10.1. The molecule has 0 bridgehead atoms. The molecule has 96 valence electrons. The zero-order valence-electron chi connectivity index (χ0n) is 10.1. The quantitative estimate of drug-likeness (QED) is 0.819. The molecule has 1 aromatic carbocycles. The number of halogens is 1. The summed E-state index contributed by atoms with van der Waals surface area (Å²) in [5.41, 5.74) is 6.59. The summed E-state index contributed by atoms with van der Waals surface area (Å²) in [7, 11) is 0. The smallest absolute Gasteiger partial charge is 0.232 e. The first-order chi connectivity index (χ1) is 8.52. The molecule has 0 aromatic heterocycles. The standard InChI is InChI=1S/C13H15FN2O2/c1-8-4-12(17)16(13(8)18)7-10-5-9(6-15)2-3-11(10)14/h2-3,5,8H,4,6-7,15H2,1H3. The number of hydrogen-bond donors (Lipinski definition) is 1. The fraction of sp³-hybridized carbons (Fsp3) is 0.385. The molecular formula is C13H15FN2O2. The van der Waals surface area contributed by atoms with Crippen molar-refractivity contribution in [2.75, 3.05) is 0 Å². The van der Waals surface area contributed by atoms with Gasteiger partial charge in [-0.25, -0.2) is 4.39 Å². The van der Waals surface area contributed by atoms with Crippen molar-refractivity contribution in [2.45, 2.75) is 26.4 Å². The Balaban J connectivity index is 2.24. The summed E-state index contributed by atoms with van der Waals surface area (Å²) in [6, 6.07) is 4.50. The van der Waals surface area contributed by atoms with E-state index in [0.29, 0.717) is 12.1 Å². The molecule has 0 aliphatic carbocycles. The van der Waals surface area contributed by atoms with Crippen molar-refractivity contribution >= 4 is 11.8 Å². The molecule has 2 amide bonds. The number of benzene rings is 1. The van der Waals surface area contributed by atoms with Gasteiger partial charge in [0.2, 0.25) is 11.8 Å². The molecule has 1 aromatic rings. The Labute approximate surface area is 105 Å². The van der Waals surface area contributed by atoms with Crippen molar-refractivity contribution < 1.29 is 14.0 Å². The van der Waals surface area contributed by atoms with Crippen molar-refractivity contribution in [3.63, 3.8) is 0 Å². The maximum Gasteiger partial charge on any atom is 0.232 e. The molecule has 1 atom stereocenters. The van der Waals surface area contributed by atoms with Crippen molar-refractivity contribution in [1.82, 2.24) is 4.90 Å². The predicted molar refractivity (Wildman–Crippen MR) is 63.6 cm³/mol. The van der Waals surface area contributed by atoms with E-state index in [0.717, 1.165) is 10.5 Å². The molecule has 1 heterocycles. The summed E-state index contributed by atoms with van der Waals surface area (Å²) in [5.74, 6) is -1.21. The van der Waals surface area contributed by atoms with Gasteiger partial charge < -0.3 is 5.73 Å². The van der Waals surface area contributed by atoms with Gasteiger partial charge >= 0.3 is 0 Å². The molecule has 0 spiro atoms. The molecule has 1 aliphatic rings. The topological polar surface area (TPSA) is 63.4 Å². The van der Waals surface area contributed by atoms with E-state index in [2.05, 4.69) is 0 Å². The average Bonchev–Trinajstić information content (AvgIpc) is 2.58. The monoisotopic (exact) mass is 250 g/mol. The molecule has 18 heavy (non-hydrogen) atoms. The molecule has 2 rings (SSSR count). The van der Waals surface area contributed by atoms with Crippen LogP contribution < -0.4 is 5.73 Å². The first-order valence-electron chi connectivity index (χ1n) is 5.84. The van der Waals surface area contributed by atoms with Crippen LogP contribution in [0.4, 0.5) is 4.39 Å². The van der Waals surface area contributed by atoms with Gasteiger partial charge in [-0.1, -0.05) is 13.0 Å². The van der Waals surface area contributed by atoms with E-state index in [1.54, 1.807) is 19.1 Å². The SMILES string of the molecule is CC1CC(=O)N(Cc2cc(CN)ccc2F)C1=O. The summed E-state index contributed by atoms with van der Waals surface area (Å²) in [5, 5.41) is 0. The van der Waals surface area contributed by atoms with Crippen molar-refractivity contribution in [2.24, 2.45) is 11.7 Å². The lowest BCUT2D eigenvalue weighted by Gasteiger charge is -2.15. The molecule has 1 unspecified atom stereocenters. The van der Waals surface area contributed by atoms with Crippen LogP contribution in [0.1, 0.15) is 24.5 Å². The number of carbonyl (C=O) groups is 2. The van der Waals surface area contributed by atoms with Crippen LogP contribution in [0, 0.1) is 11.7 Å². The summed E-state index contributed by atoms with van der Waals surface area (Å²) >= 11 is 0. The fourth-order valence-electron chi connectivity index (χ4n) is 2.06. The van der Waals surface area contributed by atoms with E-state index in [1.165, 1.54) is 6.07 Å². The van der Waals surface area contributed by atoms with Crippen LogP contribution in [-0.4, -0.2) is 16.7 Å². The minimum Gasteiger partial charge on any atom is -0.326 e. The second-order valence-corrected chi connectivity index (χ2v) is 4.55. The Hall–Kier alpha value is -1.75. The number of nitrogens with zero attached hydrogens (tertiary/aromatic N) is 1. The Bertz CT molecular complexity index is 502. The number of imide groups is 1. The first-order valence-corrected chi connectivity index (χ1v) is 5.84. The minimum absolute atomic E-state index is 0.0122. The van der Waals surface area contributed by atoms with Gasteiger partial charge in [0.05, 0.1) is 6.54 Å². The summed E-state index contributed by atoms with van der Waals surface area (Å²) < 4.78 is 13.6. The highest BCUT2D eigenvalue weighted by atomic mass is 19.1. The van der Waals surface area contributed by atoms with Gasteiger partial charge in [0, 0.05) is 24.4 Å². The van der Waals surface area contributed by atoms with E-state index in [9.17, 15) is 14.0 Å². The molecule has 1 fully saturated rings. The third-order valence-corrected chi connectivity index (χ3v) is 3.14. The van der Waals surface area contributed by atoms with Gasteiger partial charge in [0.1, 0.15) is 5.82 Å². The first kappa shape index (κ1) is 12.7. The highest BCUT2D eigenvalue weighted by molar-refractivity contribution is 6.03. The van der Waals surface area contributed by atoms with Crippen LogP contribution in [0.25, 0.3) is 0 Å². The van der Waals surface area contributed by atoms with Crippen LogP contribution in [0.5, 0.6) is 0 Å². The van der Waals surface area contributed by atoms with E-state index < -0.39 is 5.82 Å². The normalized spacial score (nSPS) is 19.7. The van der Waals surface area contributed by atoms with Gasteiger partial charge in [-0.15, -0.1) is 0 Å². The molecule has 2 N–H and O–H groups in total. The minimum atomic E-state index is -0.424. The van der Waals surface area contributed by atoms with Crippen LogP contribution in [-0.2, 0) is 22.7 Å². The number of nitrogens with two attached hydrogens (primary N) is 1. The maximum atomic E-state index is 13.6. The molecule has 4 nitrogen and oxygen atoms in total. The highest BCUT2D eigenvalue weighted by Gasteiger charge is 2.35. The second kappa shape index (κ2) is 4.86. The second-order valence-electron chi connectivity index (χ2n) is 4.55. The molecule has 0 saturated carbocycles. The highest BCUT2D eigenvalue weighted by Crippen LogP contribution is 2.22. The largest absolute Gasteiger partial charge is 0.326 e. The zero-order chi connectivity index (χ0) is 13.3. The molecule has 0 radical (unpaired) electrons. The lowest BCUT2D eigenvalue weighted by atomic mass is 10.1. The Morgan fingerprint density at radius 3 is 2.72 bits per heavy atom. The van der Waals surface area contributed by atoms with Gasteiger partial charge in [0.15, 0.2) is 0 Å². The maximum absolute atomic E-state index is 13.6. The van der Waals surface area contributed by atoms with Gasteiger partial charge in [-0.3, -0.25) is 14.5 Å². The summed E-state index contributed by atoms with van der Waals surface area (Å²) in [4.78, 5) is 24.5. The third kappa shape index (κ3) is 2.26. The summed E-state index contributed by atoms with van der Waals surface area (Å²) in [6.07, 6.45) is 0.205. The molecule has 5 heteroatoms. The van der Waals surface area contributed by atoms with Crippen LogP contribution >= 0.6 is 0 Å². The van der Waals surface area contributed by atoms with E-state index >= 15 is 0 Å². The Morgan fingerprint density at radius 2 is 2.17 bits per heavy atom. The molecule has 1 saturated heterocycles. The van der Waals surface area contributed by atoms with Gasteiger partial charge in [-0.2, -0.15) is 0 Å². The van der Waals surface area contributed by atoms with Crippen molar-refractivity contribution in [1.29, 1.82) is 0 Å². The van der Waals surface area contributed by atoms with Crippen LogP contribution in [0.15, 0.2) is 18.2 Å². The lowest BCUT2D eigenvalue weighted by Crippen LogP contribution is -2.30. The van der Waals surface area contributed by atoms with Crippen LogP contribution in [0.2, 0.25) is 0 Å². The molecule has 1 aliphatic heterocycles.